The van der Waals surface area contributed by atoms with Gasteiger partial charge in [-0.3, -0.25) is 0 Å². The van der Waals surface area contributed by atoms with Crippen LogP contribution in [0.4, 0.5) is 0 Å². The minimum absolute atomic E-state index is 0.412. The van der Waals surface area contributed by atoms with Crippen molar-refractivity contribution in [3.63, 3.8) is 0 Å². The Balaban J connectivity index is 1.47. The van der Waals surface area contributed by atoms with Gasteiger partial charge in [0.05, 0.1) is 18.8 Å². The Bertz CT molecular complexity index is 329. The molecule has 18 heavy (non-hydrogen) atoms. The van der Waals surface area contributed by atoms with E-state index in [0.29, 0.717) is 12.2 Å². The smallest absolute Gasteiger partial charge is 0.119 e. The zero-order chi connectivity index (χ0) is 12.6. The Hall–Kier alpha value is -1.06. The SMILES string of the molecule is CC1CCC(CNCCCOc2ccccc2)O1. The van der Waals surface area contributed by atoms with Gasteiger partial charge in [-0.15, -0.1) is 0 Å². The molecular formula is C15H23NO2. The van der Waals surface area contributed by atoms with Gasteiger partial charge >= 0.3 is 0 Å². The molecule has 0 saturated carbocycles. The molecule has 0 aromatic heterocycles. The molecule has 2 rings (SSSR count). The third-order valence-corrected chi connectivity index (χ3v) is 3.20. The van der Waals surface area contributed by atoms with Crippen molar-refractivity contribution in [2.75, 3.05) is 19.7 Å². The lowest BCUT2D eigenvalue weighted by molar-refractivity contribution is 0.0560. The first-order valence-corrected chi connectivity index (χ1v) is 6.88. The van der Waals surface area contributed by atoms with Gasteiger partial charge in [-0.05, 0) is 44.9 Å². The summed E-state index contributed by atoms with van der Waals surface area (Å²) in [5.74, 6) is 0.949. The Labute approximate surface area is 109 Å². The summed E-state index contributed by atoms with van der Waals surface area (Å²) in [5, 5.41) is 3.43. The molecule has 0 bridgehead atoms. The van der Waals surface area contributed by atoms with E-state index in [1.807, 2.05) is 30.3 Å². The lowest BCUT2D eigenvalue weighted by Crippen LogP contribution is -2.28. The van der Waals surface area contributed by atoms with E-state index in [1.54, 1.807) is 0 Å². The van der Waals surface area contributed by atoms with Crippen LogP contribution in [0.5, 0.6) is 5.75 Å². The first-order chi connectivity index (χ1) is 8.84. The van der Waals surface area contributed by atoms with E-state index in [2.05, 4.69) is 12.2 Å². The van der Waals surface area contributed by atoms with Crippen LogP contribution >= 0.6 is 0 Å². The summed E-state index contributed by atoms with van der Waals surface area (Å²) in [6.45, 7) is 4.86. The number of para-hydroxylation sites is 1. The first kappa shape index (κ1) is 13.4. The predicted octanol–water partition coefficient (Wildman–Crippen LogP) is 2.61. The lowest BCUT2D eigenvalue weighted by Gasteiger charge is -2.12. The quantitative estimate of drug-likeness (QED) is 0.754. The summed E-state index contributed by atoms with van der Waals surface area (Å²) in [4.78, 5) is 0. The van der Waals surface area contributed by atoms with Crippen LogP contribution in [0.25, 0.3) is 0 Å². The highest BCUT2D eigenvalue weighted by Gasteiger charge is 2.20. The van der Waals surface area contributed by atoms with Gasteiger partial charge < -0.3 is 14.8 Å². The molecule has 0 spiro atoms. The van der Waals surface area contributed by atoms with Crippen molar-refractivity contribution in [1.29, 1.82) is 0 Å². The van der Waals surface area contributed by atoms with Gasteiger partial charge in [0, 0.05) is 6.54 Å². The average Bonchev–Trinajstić information content (AvgIpc) is 2.81. The maximum Gasteiger partial charge on any atom is 0.119 e. The molecule has 0 amide bonds. The standard InChI is InChI=1S/C15H23NO2/c1-13-8-9-15(18-13)12-16-10-5-11-17-14-6-3-2-4-7-14/h2-4,6-7,13,15-16H,5,8-12H2,1H3. The Morgan fingerprint density at radius 2 is 2.11 bits per heavy atom. The van der Waals surface area contributed by atoms with Gasteiger partial charge in [0.15, 0.2) is 0 Å². The number of hydrogen-bond acceptors (Lipinski definition) is 3. The van der Waals surface area contributed by atoms with Crippen LogP contribution in [0.15, 0.2) is 30.3 Å². The lowest BCUT2D eigenvalue weighted by atomic mass is 10.2. The summed E-state index contributed by atoms with van der Waals surface area (Å²) in [7, 11) is 0. The Morgan fingerprint density at radius 1 is 1.28 bits per heavy atom. The number of ether oxygens (including phenoxy) is 2. The molecule has 0 aliphatic carbocycles. The van der Waals surface area contributed by atoms with Gasteiger partial charge in [0.25, 0.3) is 0 Å². The minimum Gasteiger partial charge on any atom is -0.494 e. The molecule has 2 unspecified atom stereocenters. The van der Waals surface area contributed by atoms with Crippen molar-refractivity contribution >= 4 is 0 Å². The molecule has 1 N–H and O–H groups in total. The summed E-state index contributed by atoms with van der Waals surface area (Å²) in [6, 6.07) is 9.96. The van der Waals surface area contributed by atoms with E-state index < -0.39 is 0 Å². The predicted molar refractivity (Wildman–Crippen MR) is 73.0 cm³/mol. The zero-order valence-corrected chi connectivity index (χ0v) is 11.1. The van der Waals surface area contributed by atoms with Crippen molar-refractivity contribution in [1.82, 2.24) is 5.32 Å². The van der Waals surface area contributed by atoms with Crippen LogP contribution in [0.2, 0.25) is 0 Å². The molecule has 1 aromatic rings. The molecule has 1 heterocycles. The second-order valence-electron chi connectivity index (χ2n) is 4.87. The highest BCUT2D eigenvalue weighted by atomic mass is 16.5. The van der Waals surface area contributed by atoms with Crippen LogP contribution in [0.3, 0.4) is 0 Å². The zero-order valence-electron chi connectivity index (χ0n) is 11.1. The van der Waals surface area contributed by atoms with Crippen LogP contribution in [0.1, 0.15) is 26.2 Å². The number of nitrogens with one attached hydrogen (secondary N) is 1. The second kappa shape index (κ2) is 7.39. The fourth-order valence-corrected chi connectivity index (χ4v) is 2.20. The Kier molecular flexibility index (Phi) is 5.49. The van der Waals surface area contributed by atoms with Crippen molar-refractivity contribution in [2.45, 2.75) is 38.4 Å². The normalized spacial score (nSPS) is 23.2. The molecule has 1 aliphatic rings. The van der Waals surface area contributed by atoms with Gasteiger partial charge in [-0.2, -0.15) is 0 Å². The van der Waals surface area contributed by atoms with Crippen LogP contribution < -0.4 is 10.1 Å². The largest absolute Gasteiger partial charge is 0.494 e. The van der Waals surface area contributed by atoms with Gasteiger partial charge in [0.1, 0.15) is 5.75 Å². The molecule has 3 heteroatoms. The molecule has 2 atom stereocenters. The summed E-state index contributed by atoms with van der Waals surface area (Å²) < 4.78 is 11.4. The highest BCUT2D eigenvalue weighted by molar-refractivity contribution is 5.20. The molecular weight excluding hydrogens is 226 g/mol. The molecule has 1 fully saturated rings. The minimum atomic E-state index is 0.412. The molecule has 1 aliphatic heterocycles. The molecule has 3 nitrogen and oxygen atoms in total. The third kappa shape index (κ3) is 4.67. The Morgan fingerprint density at radius 3 is 2.83 bits per heavy atom. The van der Waals surface area contributed by atoms with E-state index in [-0.39, 0.29) is 0 Å². The number of hydrogen-bond donors (Lipinski definition) is 1. The monoisotopic (exact) mass is 249 g/mol. The highest BCUT2D eigenvalue weighted by Crippen LogP contribution is 2.18. The van der Waals surface area contributed by atoms with Gasteiger partial charge in [0.2, 0.25) is 0 Å². The number of benzene rings is 1. The van der Waals surface area contributed by atoms with E-state index >= 15 is 0 Å². The second-order valence-corrected chi connectivity index (χ2v) is 4.87. The molecule has 0 radical (unpaired) electrons. The molecule has 100 valence electrons. The maximum absolute atomic E-state index is 5.74. The molecule has 1 aromatic carbocycles. The van der Waals surface area contributed by atoms with Crippen molar-refractivity contribution in [3.8, 4) is 5.75 Å². The summed E-state index contributed by atoms with van der Waals surface area (Å²) in [5.41, 5.74) is 0. The van der Waals surface area contributed by atoms with Crippen LogP contribution in [-0.4, -0.2) is 31.9 Å². The fourth-order valence-electron chi connectivity index (χ4n) is 2.20. The third-order valence-electron chi connectivity index (χ3n) is 3.20. The van der Waals surface area contributed by atoms with Crippen molar-refractivity contribution in [2.24, 2.45) is 0 Å². The van der Waals surface area contributed by atoms with E-state index in [0.717, 1.165) is 31.9 Å². The van der Waals surface area contributed by atoms with Crippen molar-refractivity contribution in [3.05, 3.63) is 30.3 Å². The maximum atomic E-state index is 5.74. The van der Waals surface area contributed by atoms with Crippen LogP contribution in [-0.2, 0) is 4.74 Å². The topological polar surface area (TPSA) is 30.5 Å². The van der Waals surface area contributed by atoms with Crippen molar-refractivity contribution < 1.29 is 9.47 Å². The summed E-state index contributed by atoms with van der Waals surface area (Å²) in [6.07, 6.45) is 4.27. The number of rotatable bonds is 7. The molecule has 1 saturated heterocycles. The van der Waals surface area contributed by atoms with Crippen LogP contribution in [0, 0.1) is 0 Å². The summed E-state index contributed by atoms with van der Waals surface area (Å²) >= 11 is 0. The first-order valence-electron chi connectivity index (χ1n) is 6.88. The fraction of sp³-hybridized carbons (Fsp3) is 0.600. The average molecular weight is 249 g/mol. The van der Waals surface area contributed by atoms with E-state index in [4.69, 9.17) is 9.47 Å². The van der Waals surface area contributed by atoms with E-state index in [1.165, 1.54) is 12.8 Å². The van der Waals surface area contributed by atoms with Gasteiger partial charge in [-0.25, -0.2) is 0 Å². The van der Waals surface area contributed by atoms with E-state index in [9.17, 15) is 0 Å². The van der Waals surface area contributed by atoms with Gasteiger partial charge in [-0.1, -0.05) is 18.2 Å².